The van der Waals surface area contributed by atoms with Gasteiger partial charge in [0.15, 0.2) is 0 Å². The molecule has 3 rings (SSSR count). The number of carbonyl (C=O) groups is 2. The molecule has 4 nitrogen and oxygen atoms in total. The summed E-state index contributed by atoms with van der Waals surface area (Å²) in [6, 6.07) is 12.0. The number of imide groups is 1. The van der Waals surface area contributed by atoms with Crippen LogP contribution in [0.25, 0.3) is 0 Å². The summed E-state index contributed by atoms with van der Waals surface area (Å²) in [5.74, 6) is -0.446. The molecule has 23 heavy (non-hydrogen) atoms. The third-order valence-electron chi connectivity index (χ3n) is 4.17. The second-order valence-corrected chi connectivity index (χ2v) is 6.13. The Morgan fingerprint density at radius 1 is 1.09 bits per heavy atom. The molecule has 1 aliphatic heterocycles. The lowest BCUT2D eigenvalue weighted by molar-refractivity contribution is -0.121. The van der Waals surface area contributed by atoms with Crippen molar-refractivity contribution in [2.45, 2.75) is 26.3 Å². The first kappa shape index (κ1) is 15.6. The number of amides is 2. The summed E-state index contributed by atoms with van der Waals surface area (Å²) >= 11 is 5.86. The van der Waals surface area contributed by atoms with Crippen molar-refractivity contribution in [1.82, 2.24) is 0 Å². The maximum Gasteiger partial charge on any atom is 0.256 e. The van der Waals surface area contributed by atoms with Crippen LogP contribution in [0.1, 0.15) is 17.5 Å². The van der Waals surface area contributed by atoms with Crippen molar-refractivity contribution >= 4 is 34.8 Å². The van der Waals surface area contributed by atoms with E-state index in [1.807, 2.05) is 32.0 Å². The van der Waals surface area contributed by atoms with Gasteiger partial charge >= 0.3 is 0 Å². The largest absolute Gasteiger partial charge is 0.373 e. The minimum Gasteiger partial charge on any atom is -0.373 e. The van der Waals surface area contributed by atoms with Crippen molar-refractivity contribution in [3.8, 4) is 0 Å². The van der Waals surface area contributed by atoms with Crippen molar-refractivity contribution in [3.63, 3.8) is 0 Å². The predicted molar refractivity (Wildman–Crippen MR) is 91.9 cm³/mol. The highest BCUT2D eigenvalue weighted by molar-refractivity contribution is 6.30. The van der Waals surface area contributed by atoms with Crippen LogP contribution in [0, 0.1) is 13.8 Å². The standard InChI is InChI=1S/C18H17ClN2O2/c1-11-4-3-5-15(12(11)2)20-16-10-17(22)21(18(16)23)14-8-6-13(19)7-9-14/h3-9,16,20H,10H2,1-2H3/t16-/m0/s1. The highest BCUT2D eigenvalue weighted by Gasteiger charge is 2.39. The fourth-order valence-electron chi connectivity index (χ4n) is 2.70. The topological polar surface area (TPSA) is 49.4 Å². The fraction of sp³-hybridized carbons (Fsp3) is 0.222. The van der Waals surface area contributed by atoms with Gasteiger partial charge in [-0.25, -0.2) is 4.90 Å². The average Bonchev–Trinajstić information content (AvgIpc) is 2.79. The molecule has 1 atom stereocenters. The van der Waals surface area contributed by atoms with Gasteiger partial charge in [0.1, 0.15) is 6.04 Å². The van der Waals surface area contributed by atoms with Gasteiger partial charge in [-0.3, -0.25) is 9.59 Å². The van der Waals surface area contributed by atoms with Gasteiger partial charge in [-0.05, 0) is 55.3 Å². The zero-order chi connectivity index (χ0) is 16.6. The molecule has 2 aromatic rings. The summed E-state index contributed by atoms with van der Waals surface area (Å²) in [7, 11) is 0. The summed E-state index contributed by atoms with van der Waals surface area (Å²) in [6.45, 7) is 4.01. The van der Waals surface area contributed by atoms with Gasteiger partial charge in [0, 0.05) is 10.7 Å². The summed E-state index contributed by atoms with van der Waals surface area (Å²) in [5.41, 5.74) is 3.66. The lowest BCUT2D eigenvalue weighted by atomic mass is 10.1. The van der Waals surface area contributed by atoms with Crippen LogP contribution in [0.2, 0.25) is 5.02 Å². The number of nitrogens with one attached hydrogen (secondary N) is 1. The van der Waals surface area contributed by atoms with E-state index in [9.17, 15) is 9.59 Å². The molecule has 1 fully saturated rings. The maximum absolute atomic E-state index is 12.6. The number of rotatable bonds is 3. The number of halogens is 1. The van der Waals surface area contributed by atoms with Crippen molar-refractivity contribution in [1.29, 1.82) is 0 Å². The van der Waals surface area contributed by atoms with Crippen LogP contribution in [-0.2, 0) is 9.59 Å². The summed E-state index contributed by atoms with van der Waals surface area (Å²) < 4.78 is 0. The van der Waals surface area contributed by atoms with Crippen molar-refractivity contribution in [3.05, 3.63) is 58.6 Å². The first-order valence-electron chi connectivity index (χ1n) is 7.42. The molecule has 0 aromatic heterocycles. The predicted octanol–water partition coefficient (Wildman–Crippen LogP) is 3.70. The van der Waals surface area contributed by atoms with E-state index >= 15 is 0 Å². The highest BCUT2D eigenvalue weighted by Crippen LogP contribution is 2.27. The fourth-order valence-corrected chi connectivity index (χ4v) is 2.83. The Bertz CT molecular complexity index is 771. The molecule has 118 valence electrons. The van der Waals surface area contributed by atoms with Gasteiger partial charge in [0.2, 0.25) is 5.91 Å². The van der Waals surface area contributed by atoms with E-state index in [1.54, 1.807) is 24.3 Å². The molecule has 0 radical (unpaired) electrons. The van der Waals surface area contributed by atoms with Gasteiger partial charge in [-0.1, -0.05) is 23.7 Å². The Kier molecular flexibility index (Phi) is 4.09. The molecule has 0 bridgehead atoms. The number of anilines is 2. The second kappa shape index (κ2) is 6.05. The molecule has 0 unspecified atom stereocenters. The number of benzene rings is 2. The molecule has 5 heteroatoms. The lowest BCUT2D eigenvalue weighted by Crippen LogP contribution is -2.34. The van der Waals surface area contributed by atoms with Gasteiger partial charge in [-0.15, -0.1) is 0 Å². The van der Waals surface area contributed by atoms with Gasteiger partial charge in [-0.2, -0.15) is 0 Å². The zero-order valence-corrected chi connectivity index (χ0v) is 13.7. The molecular weight excluding hydrogens is 312 g/mol. The first-order chi connectivity index (χ1) is 11.0. The molecule has 0 saturated carbocycles. The minimum absolute atomic E-state index is 0.148. The van der Waals surface area contributed by atoms with Crippen LogP contribution < -0.4 is 10.2 Å². The maximum atomic E-state index is 12.6. The monoisotopic (exact) mass is 328 g/mol. The Morgan fingerprint density at radius 2 is 1.78 bits per heavy atom. The molecular formula is C18H17ClN2O2. The van der Waals surface area contributed by atoms with Crippen LogP contribution >= 0.6 is 11.6 Å². The Labute approximate surface area is 140 Å². The van der Waals surface area contributed by atoms with Crippen LogP contribution in [0.15, 0.2) is 42.5 Å². The molecule has 2 aromatic carbocycles. The zero-order valence-electron chi connectivity index (χ0n) is 13.0. The quantitative estimate of drug-likeness (QED) is 0.874. The molecule has 1 saturated heterocycles. The summed E-state index contributed by atoms with van der Waals surface area (Å²) in [4.78, 5) is 26.1. The molecule has 1 aliphatic rings. The van der Waals surface area contributed by atoms with E-state index in [2.05, 4.69) is 5.32 Å². The summed E-state index contributed by atoms with van der Waals surface area (Å²) in [6.07, 6.45) is 0.148. The van der Waals surface area contributed by atoms with Crippen molar-refractivity contribution < 1.29 is 9.59 Å². The van der Waals surface area contributed by atoms with Crippen molar-refractivity contribution in [2.75, 3.05) is 10.2 Å². The number of hydrogen-bond acceptors (Lipinski definition) is 3. The Hall–Kier alpha value is -2.33. The van der Waals surface area contributed by atoms with Crippen LogP contribution in [-0.4, -0.2) is 17.9 Å². The van der Waals surface area contributed by atoms with E-state index in [4.69, 9.17) is 11.6 Å². The number of hydrogen-bond donors (Lipinski definition) is 1. The van der Waals surface area contributed by atoms with Crippen LogP contribution in [0.5, 0.6) is 0 Å². The van der Waals surface area contributed by atoms with E-state index in [-0.39, 0.29) is 18.2 Å². The third kappa shape index (κ3) is 2.94. The second-order valence-electron chi connectivity index (χ2n) is 5.69. The lowest BCUT2D eigenvalue weighted by Gasteiger charge is -2.17. The van der Waals surface area contributed by atoms with E-state index < -0.39 is 6.04 Å². The molecule has 0 spiro atoms. The van der Waals surface area contributed by atoms with Gasteiger partial charge in [0.25, 0.3) is 5.91 Å². The van der Waals surface area contributed by atoms with E-state index in [1.165, 1.54) is 4.90 Å². The normalized spacial score (nSPS) is 17.7. The van der Waals surface area contributed by atoms with E-state index in [0.717, 1.165) is 16.8 Å². The molecule has 1 N–H and O–H groups in total. The first-order valence-corrected chi connectivity index (χ1v) is 7.80. The Morgan fingerprint density at radius 3 is 2.48 bits per heavy atom. The third-order valence-corrected chi connectivity index (χ3v) is 4.42. The number of aryl methyl sites for hydroxylation is 1. The number of carbonyl (C=O) groups excluding carboxylic acids is 2. The minimum atomic E-state index is -0.543. The molecule has 1 heterocycles. The van der Waals surface area contributed by atoms with E-state index in [0.29, 0.717) is 10.7 Å². The molecule has 0 aliphatic carbocycles. The number of nitrogens with zero attached hydrogens (tertiary/aromatic N) is 1. The van der Waals surface area contributed by atoms with Crippen LogP contribution in [0.4, 0.5) is 11.4 Å². The highest BCUT2D eigenvalue weighted by atomic mass is 35.5. The summed E-state index contributed by atoms with van der Waals surface area (Å²) in [5, 5.41) is 3.77. The van der Waals surface area contributed by atoms with Crippen molar-refractivity contribution in [2.24, 2.45) is 0 Å². The Balaban J connectivity index is 1.84. The average molecular weight is 329 g/mol. The molecule has 2 amide bonds. The smallest absolute Gasteiger partial charge is 0.256 e. The van der Waals surface area contributed by atoms with Gasteiger partial charge < -0.3 is 5.32 Å². The SMILES string of the molecule is Cc1cccc(N[C@H]2CC(=O)N(c3ccc(Cl)cc3)C2=O)c1C. The van der Waals surface area contributed by atoms with Crippen LogP contribution in [0.3, 0.4) is 0 Å². The van der Waals surface area contributed by atoms with Gasteiger partial charge in [0.05, 0.1) is 12.1 Å².